The average molecular weight is 435 g/mol. The number of halogens is 2. The highest BCUT2D eigenvalue weighted by atomic mass is 79.9. The highest BCUT2D eigenvalue weighted by Crippen LogP contribution is 2.36. The smallest absolute Gasteiger partial charge is 0.318 e. The lowest BCUT2D eigenvalue weighted by Gasteiger charge is -2.45. The molecule has 1 heterocycles. The van der Waals surface area contributed by atoms with Gasteiger partial charge in [-0.3, -0.25) is 0 Å². The molecule has 144 valence electrons. The Morgan fingerprint density at radius 1 is 1.22 bits per heavy atom. The second-order valence-electron chi connectivity index (χ2n) is 7.02. The van der Waals surface area contributed by atoms with E-state index >= 15 is 0 Å². The van der Waals surface area contributed by atoms with E-state index in [-0.39, 0.29) is 24.5 Å². The summed E-state index contributed by atoms with van der Waals surface area (Å²) >= 11 is 3.43. The van der Waals surface area contributed by atoms with Crippen molar-refractivity contribution < 1.29 is 14.3 Å². The number of carbonyl (C=O) groups excluding carboxylic acids is 1. The zero-order chi connectivity index (χ0) is 19.4. The predicted molar refractivity (Wildman–Crippen MR) is 107 cm³/mol. The Labute approximate surface area is 167 Å². The summed E-state index contributed by atoms with van der Waals surface area (Å²) in [6.07, 6.45) is 1.88. The van der Waals surface area contributed by atoms with Gasteiger partial charge in [-0.05, 0) is 61.6 Å². The largest absolute Gasteiger partial charge is 0.396 e. The number of rotatable bonds is 6. The maximum atomic E-state index is 13.4. The summed E-state index contributed by atoms with van der Waals surface area (Å²) in [5.74, 6) is -0.302. The molecule has 2 N–H and O–H groups in total. The SMILES string of the molecule is C[C@@H](c1ccc(Br)cc1)N1CCC(CCCO)(c2ccc(F)cc2)NC1=O. The van der Waals surface area contributed by atoms with Crippen molar-refractivity contribution in [1.82, 2.24) is 10.2 Å². The molecule has 27 heavy (non-hydrogen) atoms. The van der Waals surface area contributed by atoms with Gasteiger partial charge in [0.1, 0.15) is 5.82 Å². The summed E-state index contributed by atoms with van der Waals surface area (Å²) in [6, 6.07) is 14.0. The Kier molecular flexibility index (Phi) is 6.17. The van der Waals surface area contributed by atoms with E-state index in [1.165, 1.54) is 12.1 Å². The van der Waals surface area contributed by atoms with Crippen LogP contribution in [0.25, 0.3) is 0 Å². The summed E-state index contributed by atoms with van der Waals surface area (Å²) in [5.41, 5.74) is 1.36. The van der Waals surface area contributed by atoms with Gasteiger partial charge in [0.25, 0.3) is 0 Å². The number of hydrogen-bond donors (Lipinski definition) is 2. The molecule has 6 heteroatoms. The van der Waals surface area contributed by atoms with Crippen molar-refractivity contribution >= 4 is 22.0 Å². The van der Waals surface area contributed by atoms with Crippen LogP contribution in [0.2, 0.25) is 0 Å². The van der Waals surface area contributed by atoms with Crippen LogP contribution >= 0.6 is 15.9 Å². The van der Waals surface area contributed by atoms with Crippen LogP contribution in [0.5, 0.6) is 0 Å². The number of urea groups is 1. The van der Waals surface area contributed by atoms with E-state index in [9.17, 15) is 14.3 Å². The molecule has 0 saturated carbocycles. The fourth-order valence-corrected chi connectivity index (χ4v) is 4.01. The van der Waals surface area contributed by atoms with Gasteiger partial charge in [0.05, 0.1) is 11.6 Å². The molecule has 0 aliphatic carbocycles. The number of nitrogens with one attached hydrogen (secondary N) is 1. The van der Waals surface area contributed by atoms with Crippen molar-refractivity contribution in [3.8, 4) is 0 Å². The minimum absolute atomic E-state index is 0.0534. The third-order valence-corrected chi connectivity index (χ3v) is 5.89. The number of carbonyl (C=O) groups is 1. The molecule has 1 saturated heterocycles. The van der Waals surface area contributed by atoms with Gasteiger partial charge in [-0.15, -0.1) is 0 Å². The zero-order valence-electron chi connectivity index (χ0n) is 15.3. The first-order valence-corrected chi connectivity index (χ1v) is 9.96. The molecule has 1 fully saturated rings. The standard InChI is InChI=1S/C21H24BrFN2O2/c1-15(16-3-7-18(22)8-4-16)25-13-12-21(11-2-14-26,24-20(25)27)17-5-9-19(23)10-6-17/h3-10,15,26H,2,11-14H2,1H3,(H,24,27)/t15-,21?/m0/s1. The van der Waals surface area contributed by atoms with Crippen LogP contribution in [0.3, 0.4) is 0 Å². The molecule has 0 spiro atoms. The van der Waals surface area contributed by atoms with Crippen molar-refractivity contribution in [3.05, 3.63) is 69.9 Å². The van der Waals surface area contributed by atoms with Gasteiger partial charge in [0.15, 0.2) is 0 Å². The number of nitrogens with zero attached hydrogens (tertiary/aromatic N) is 1. The van der Waals surface area contributed by atoms with E-state index < -0.39 is 5.54 Å². The summed E-state index contributed by atoms with van der Waals surface area (Å²) in [7, 11) is 0. The average Bonchev–Trinajstić information content (AvgIpc) is 2.67. The van der Waals surface area contributed by atoms with Crippen molar-refractivity contribution in [2.75, 3.05) is 13.2 Å². The molecule has 2 atom stereocenters. The molecule has 0 radical (unpaired) electrons. The predicted octanol–water partition coefficient (Wildman–Crippen LogP) is 4.73. The number of aliphatic hydroxyl groups excluding tert-OH is 1. The van der Waals surface area contributed by atoms with Crippen LogP contribution in [-0.2, 0) is 5.54 Å². The van der Waals surface area contributed by atoms with Crippen LogP contribution in [-0.4, -0.2) is 29.2 Å². The van der Waals surface area contributed by atoms with E-state index in [4.69, 9.17) is 0 Å². The molecule has 2 amide bonds. The number of hydrogen-bond acceptors (Lipinski definition) is 2. The first-order valence-electron chi connectivity index (χ1n) is 9.16. The van der Waals surface area contributed by atoms with Gasteiger partial charge >= 0.3 is 6.03 Å². The Morgan fingerprint density at radius 2 is 1.89 bits per heavy atom. The van der Waals surface area contributed by atoms with Crippen LogP contribution in [0, 0.1) is 5.82 Å². The van der Waals surface area contributed by atoms with E-state index in [0.29, 0.717) is 25.8 Å². The lowest BCUT2D eigenvalue weighted by molar-refractivity contribution is 0.117. The minimum atomic E-state index is -0.580. The van der Waals surface area contributed by atoms with Crippen molar-refractivity contribution in [2.45, 2.75) is 37.8 Å². The van der Waals surface area contributed by atoms with Crippen molar-refractivity contribution in [1.29, 1.82) is 0 Å². The van der Waals surface area contributed by atoms with Gasteiger partial charge < -0.3 is 15.3 Å². The fourth-order valence-electron chi connectivity index (χ4n) is 3.74. The molecule has 0 aromatic heterocycles. The van der Waals surface area contributed by atoms with Gasteiger partial charge in [0, 0.05) is 17.6 Å². The van der Waals surface area contributed by atoms with Crippen LogP contribution in [0.1, 0.15) is 43.4 Å². The third kappa shape index (κ3) is 4.33. The molecular weight excluding hydrogens is 411 g/mol. The second-order valence-corrected chi connectivity index (χ2v) is 7.93. The van der Waals surface area contributed by atoms with E-state index in [1.807, 2.05) is 36.1 Å². The molecule has 0 bridgehead atoms. The maximum Gasteiger partial charge on any atom is 0.318 e. The monoisotopic (exact) mass is 434 g/mol. The van der Waals surface area contributed by atoms with Crippen molar-refractivity contribution in [2.24, 2.45) is 0 Å². The Bertz CT molecular complexity index is 782. The molecule has 2 aromatic carbocycles. The highest BCUT2D eigenvalue weighted by molar-refractivity contribution is 9.10. The second kappa shape index (κ2) is 8.40. The van der Waals surface area contributed by atoms with Crippen LogP contribution in [0.15, 0.2) is 53.0 Å². The molecule has 2 aromatic rings. The van der Waals surface area contributed by atoms with Crippen LogP contribution in [0.4, 0.5) is 9.18 Å². The number of benzene rings is 2. The first kappa shape index (κ1) is 19.8. The summed E-state index contributed by atoms with van der Waals surface area (Å²) in [5, 5.41) is 12.4. The zero-order valence-corrected chi connectivity index (χ0v) is 16.9. The minimum Gasteiger partial charge on any atom is -0.396 e. The first-order chi connectivity index (χ1) is 12.9. The van der Waals surface area contributed by atoms with Crippen molar-refractivity contribution in [3.63, 3.8) is 0 Å². The summed E-state index contributed by atoms with van der Waals surface area (Å²) in [4.78, 5) is 14.8. The van der Waals surface area contributed by atoms with E-state index in [0.717, 1.165) is 15.6 Å². The van der Waals surface area contributed by atoms with Gasteiger partial charge in [-0.2, -0.15) is 0 Å². The molecule has 1 unspecified atom stereocenters. The molecule has 3 rings (SSSR count). The topological polar surface area (TPSA) is 52.6 Å². The van der Waals surface area contributed by atoms with E-state index in [1.54, 1.807) is 12.1 Å². The fraction of sp³-hybridized carbons (Fsp3) is 0.381. The molecule has 1 aliphatic heterocycles. The van der Waals surface area contributed by atoms with Gasteiger partial charge in [-0.25, -0.2) is 9.18 Å². The molecular formula is C21H24BrFN2O2. The summed E-state index contributed by atoms with van der Waals surface area (Å²) < 4.78 is 14.4. The Hall–Kier alpha value is -1.92. The quantitative estimate of drug-likeness (QED) is 0.689. The lowest BCUT2D eigenvalue weighted by atomic mass is 9.81. The van der Waals surface area contributed by atoms with E-state index in [2.05, 4.69) is 21.2 Å². The molecule has 1 aliphatic rings. The molecule has 4 nitrogen and oxygen atoms in total. The maximum absolute atomic E-state index is 13.4. The number of amides is 2. The van der Waals surface area contributed by atoms with Crippen LogP contribution < -0.4 is 5.32 Å². The Balaban J connectivity index is 1.81. The highest BCUT2D eigenvalue weighted by Gasteiger charge is 2.40. The Morgan fingerprint density at radius 3 is 2.48 bits per heavy atom. The summed E-state index contributed by atoms with van der Waals surface area (Å²) in [6.45, 7) is 2.66. The lowest BCUT2D eigenvalue weighted by Crippen LogP contribution is -2.58. The van der Waals surface area contributed by atoms with Gasteiger partial charge in [0.2, 0.25) is 0 Å². The normalized spacial score (nSPS) is 21.0. The third-order valence-electron chi connectivity index (χ3n) is 5.36. The van der Waals surface area contributed by atoms with Gasteiger partial charge in [-0.1, -0.05) is 40.2 Å². The number of aliphatic hydroxyl groups is 1.